The summed E-state index contributed by atoms with van der Waals surface area (Å²) in [6.07, 6.45) is 0. The second kappa shape index (κ2) is 5.37. The highest BCUT2D eigenvalue weighted by atomic mass is 31.0. The zero-order valence-electron chi connectivity index (χ0n) is 11.4. The van der Waals surface area contributed by atoms with Crippen LogP contribution in [0.1, 0.15) is 19.4 Å². The van der Waals surface area contributed by atoms with Crippen molar-refractivity contribution in [2.75, 3.05) is 14.2 Å². The van der Waals surface area contributed by atoms with Gasteiger partial charge in [-0.1, -0.05) is 0 Å². The Hall–Kier alpha value is -1.28. The van der Waals surface area contributed by atoms with Gasteiger partial charge in [0.1, 0.15) is 17.1 Å². The maximum atomic E-state index is 11.2. The monoisotopic (exact) mass is 257 g/mol. The third-order valence-corrected chi connectivity index (χ3v) is 2.50. The smallest absolute Gasteiger partial charge is 0.320 e. The van der Waals surface area contributed by atoms with Gasteiger partial charge >= 0.3 is 5.71 Å². The van der Waals surface area contributed by atoms with Crippen molar-refractivity contribution in [3.05, 3.63) is 23.8 Å². The fourth-order valence-electron chi connectivity index (χ4n) is 1.45. The van der Waals surface area contributed by atoms with Crippen LogP contribution in [-0.2, 0) is 10.3 Å². The van der Waals surface area contributed by atoms with Crippen LogP contribution in [0.25, 0.3) is 0 Å². The molecule has 1 unspecified atom stereocenters. The molecule has 0 N–H and O–H groups in total. The van der Waals surface area contributed by atoms with Gasteiger partial charge in [-0.3, -0.25) is 0 Å². The first kappa shape index (κ1) is 12.2. The summed E-state index contributed by atoms with van der Waals surface area (Å²) in [5, 5.41) is 0. The molecule has 0 aliphatic rings. The molecule has 0 aromatic heterocycles. The van der Waals surface area contributed by atoms with Crippen LogP contribution < -0.4 is 9.47 Å². The Morgan fingerprint density at radius 3 is 2.18 bits per heavy atom. The summed E-state index contributed by atoms with van der Waals surface area (Å²) in [4.78, 5) is 11.2. The summed E-state index contributed by atoms with van der Waals surface area (Å²) in [6, 6.07) is 5.30. The SMILES string of the molecule is [2H]PC(=O)OC(C)(C)c1cc(OC)cc(OC)c1. The second-order valence-corrected chi connectivity index (χ2v) is 4.41. The summed E-state index contributed by atoms with van der Waals surface area (Å²) < 4.78 is 22.6. The van der Waals surface area contributed by atoms with Crippen molar-refractivity contribution in [2.24, 2.45) is 0 Å². The van der Waals surface area contributed by atoms with E-state index in [0.717, 1.165) is 5.56 Å². The highest BCUT2D eigenvalue weighted by Crippen LogP contribution is 2.32. The lowest BCUT2D eigenvalue weighted by Crippen LogP contribution is -2.22. The fraction of sp³-hybridized carbons (Fsp3) is 0.417. The molecule has 94 valence electrons. The highest BCUT2D eigenvalue weighted by molar-refractivity contribution is 7.39. The molecule has 17 heavy (non-hydrogen) atoms. The Bertz CT molecular complexity index is 412. The molecule has 1 aromatic carbocycles. The molecule has 0 saturated heterocycles. The third kappa shape index (κ3) is 3.60. The molecule has 0 fully saturated rings. The lowest BCUT2D eigenvalue weighted by atomic mass is 9.97. The normalized spacial score (nSPS) is 12.4. The molecule has 0 spiro atoms. The minimum absolute atomic E-state index is 0.540. The minimum atomic E-state index is -0.826. The number of methoxy groups -OCH3 is 2. The first-order valence-corrected chi connectivity index (χ1v) is 5.57. The molecule has 1 aromatic rings. The van der Waals surface area contributed by atoms with E-state index in [4.69, 9.17) is 15.5 Å². The molecule has 0 saturated carbocycles. The lowest BCUT2D eigenvalue weighted by molar-refractivity contribution is 0.0558. The maximum Gasteiger partial charge on any atom is 0.320 e. The summed E-state index contributed by atoms with van der Waals surface area (Å²) in [5.74, 6) is 1.25. The second-order valence-electron chi connectivity index (χ2n) is 4.00. The predicted molar refractivity (Wildman–Crippen MR) is 68.8 cm³/mol. The van der Waals surface area contributed by atoms with E-state index < -0.39 is 20.5 Å². The number of hydrogen-bond donors (Lipinski definition) is 0. The third-order valence-electron chi connectivity index (χ3n) is 2.39. The van der Waals surface area contributed by atoms with Gasteiger partial charge in [-0.15, -0.1) is 0 Å². The van der Waals surface area contributed by atoms with Crippen LogP contribution >= 0.6 is 9.18 Å². The Morgan fingerprint density at radius 2 is 1.76 bits per heavy atom. The van der Waals surface area contributed by atoms with Crippen molar-refractivity contribution in [1.82, 2.24) is 0 Å². The van der Waals surface area contributed by atoms with Crippen LogP contribution in [0, 0.1) is 0 Å². The molecule has 0 bridgehead atoms. The molecular formula is C12H17O4P. The van der Waals surface area contributed by atoms with Crippen LogP contribution in [0.4, 0.5) is 4.79 Å². The van der Waals surface area contributed by atoms with Gasteiger partial charge in [-0.2, -0.15) is 0 Å². The Kier molecular flexibility index (Phi) is 3.85. The Balaban J connectivity index is 3.09. The lowest BCUT2D eigenvalue weighted by Gasteiger charge is -2.25. The molecule has 1 atom stereocenters. The van der Waals surface area contributed by atoms with E-state index in [-0.39, 0.29) is 0 Å². The fourth-order valence-corrected chi connectivity index (χ4v) is 1.70. The van der Waals surface area contributed by atoms with Crippen molar-refractivity contribution in [3.8, 4) is 11.5 Å². The number of hydrogen-bond acceptors (Lipinski definition) is 4. The van der Waals surface area contributed by atoms with Crippen molar-refractivity contribution in [2.45, 2.75) is 19.4 Å². The molecule has 1 rings (SSSR count). The average Bonchev–Trinajstić information content (AvgIpc) is 2.37. The zero-order chi connectivity index (χ0) is 13.8. The zero-order valence-corrected chi connectivity index (χ0v) is 11.4. The van der Waals surface area contributed by atoms with Gasteiger partial charge in [0, 0.05) is 11.6 Å². The number of carbonyl (C=O) groups is 1. The van der Waals surface area contributed by atoms with E-state index in [9.17, 15) is 4.79 Å². The molecule has 4 nitrogen and oxygen atoms in total. The van der Waals surface area contributed by atoms with Crippen LogP contribution in [0.5, 0.6) is 11.5 Å². The van der Waals surface area contributed by atoms with Gasteiger partial charge in [0.2, 0.25) is 0 Å². The molecule has 0 amide bonds. The summed E-state index contributed by atoms with van der Waals surface area (Å²) in [5.41, 5.74) is -0.612. The maximum absolute atomic E-state index is 11.2. The van der Waals surface area contributed by atoms with Crippen molar-refractivity contribution in [1.29, 1.82) is 1.28 Å². The van der Waals surface area contributed by atoms with Crippen molar-refractivity contribution in [3.63, 3.8) is 0 Å². The van der Waals surface area contributed by atoms with Crippen LogP contribution in [0.2, 0.25) is 0 Å². The van der Waals surface area contributed by atoms with Crippen LogP contribution in [0.3, 0.4) is 0 Å². The van der Waals surface area contributed by atoms with Crippen molar-refractivity contribution >= 4 is 14.9 Å². The number of carbonyl (C=O) groups excluding carboxylic acids is 1. The average molecular weight is 257 g/mol. The molecular weight excluding hydrogens is 239 g/mol. The summed E-state index contributed by atoms with van der Waals surface area (Å²) in [6.45, 7) is 3.53. The van der Waals surface area contributed by atoms with E-state index in [1.165, 1.54) is 0 Å². The summed E-state index contributed by atoms with van der Waals surface area (Å²) in [7, 11) is 2.49. The van der Waals surface area contributed by atoms with Gasteiger partial charge in [-0.25, -0.2) is 4.79 Å². The number of ether oxygens (including phenoxy) is 3. The van der Waals surface area contributed by atoms with E-state index in [2.05, 4.69) is 0 Å². The predicted octanol–water partition coefficient (Wildman–Crippen LogP) is 2.95. The number of benzene rings is 1. The van der Waals surface area contributed by atoms with Crippen LogP contribution in [-0.4, -0.2) is 21.2 Å². The molecule has 5 heteroatoms. The van der Waals surface area contributed by atoms with Gasteiger partial charge < -0.3 is 14.2 Å². The topological polar surface area (TPSA) is 44.8 Å². The van der Waals surface area contributed by atoms with Crippen molar-refractivity contribution < 1.29 is 19.0 Å². The Labute approximate surface area is 105 Å². The van der Waals surface area contributed by atoms with Gasteiger partial charge in [-0.05, 0) is 35.2 Å². The van der Waals surface area contributed by atoms with Gasteiger partial charge in [0.05, 0.1) is 15.5 Å². The van der Waals surface area contributed by atoms with E-state index in [0.29, 0.717) is 11.5 Å². The Morgan fingerprint density at radius 1 is 1.24 bits per heavy atom. The quantitative estimate of drug-likeness (QED) is 0.761. The minimum Gasteiger partial charge on any atom is -0.497 e. The molecule has 0 aliphatic heterocycles. The molecule has 0 aliphatic carbocycles. The summed E-state index contributed by atoms with van der Waals surface area (Å²) >= 11 is 0. The van der Waals surface area contributed by atoms with Crippen LogP contribution in [0.15, 0.2) is 18.2 Å². The van der Waals surface area contributed by atoms with E-state index in [1.807, 2.05) is 0 Å². The first-order chi connectivity index (χ1) is 8.42. The molecule has 0 radical (unpaired) electrons. The molecule has 0 heterocycles. The van der Waals surface area contributed by atoms with Gasteiger partial charge in [0.15, 0.2) is 0 Å². The largest absolute Gasteiger partial charge is 0.497 e. The van der Waals surface area contributed by atoms with E-state index in [1.54, 1.807) is 46.3 Å². The highest BCUT2D eigenvalue weighted by Gasteiger charge is 2.25. The first-order valence-electron chi connectivity index (χ1n) is 5.57. The van der Waals surface area contributed by atoms with Gasteiger partial charge in [0.25, 0.3) is 0 Å². The standard InChI is InChI=1S/C12H17O4P/c1-12(2,16-11(13)17)8-5-9(14-3)7-10(6-8)15-4/h5-7H,17H2,1-4H3/i17D. The van der Waals surface area contributed by atoms with E-state index >= 15 is 0 Å². The number of rotatable bonds is 5.